The molecule has 0 bridgehead atoms. The molecular weight excluding hydrogens is 305 g/mol. The van der Waals surface area contributed by atoms with E-state index in [9.17, 15) is 13.6 Å². The number of hydrogen-bond donors (Lipinski definition) is 1. The molecule has 2 N–H and O–H groups in total. The van der Waals surface area contributed by atoms with E-state index in [1.54, 1.807) is 6.92 Å². The van der Waals surface area contributed by atoms with Crippen molar-refractivity contribution in [2.24, 2.45) is 5.73 Å². The number of carbonyl (C=O) groups excluding carboxylic acids is 1. The van der Waals surface area contributed by atoms with Gasteiger partial charge in [0.05, 0.1) is 0 Å². The van der Waals surface area contributed by atoms with Crippen LogP contribution >= 0.6 is 22.6 Å². The molecule has 76 valence electrons. The first-order valence-electron chi connectivity index (χ1n) is 3.68. The van der Waals surface area contributed by atoms with Crippen LogP contribution in [0.25, 0.3) is 0 Å². The number of carbonyl (C=O) groups is 1. The first kappa shape index (κ1) is 11.3. The van der Waals surface area contributed by atoms with Crippen molar-refractivity contribution < 1.29 is 13.6 Å². The van der Waals surface area contributed by atoms with Gasteiger partial charge in [-0.1, -0.05) is 0 Å². The van der Waals surface area contributed by atoms with Gasteiger partial charge in [0, 0.05) is 3.57 Å². The minimum atomic E-state index is -2.69. The molecule has 0 atom stereocenters. The molecule has 0 spiro atoms. The van der Waals surface area contributed by atoms with Gasteiger partial charge in [0.15, 0.2) is 0 Å². The molecule has 0 fully saturated rings. The summed E-state index contributed by atoms with van der Waals surface area (Å²) in [6.07, 6.45) is -2.69. The van der Waals surface area contributed by atoms with E-state index >= 15 is 0 Å². The van der Waals surface area contributed by atoms with Crippen LogP contribution in [0, 0.1) is 10.5 Å². The van der Waals surface area contributed by atoms with Crippen LogP contribution in [-0.2, 0) is 0 Å². The molecule has 0 aromatic carbocycles. The van der Waals surface area contributed by atoms with E-state index in [4.69, 9.17) is 5.73 Å². The zero-order valence-electron chi connectivity index (χ0n) is 7.22. The number of halogens is 3. The SMILES string of the molecule is Cc1c(I)cc(C(F)F)nc1C(N)=O. The highest BCUT2D eigenvalue weighted by atomic mass is 127. The standard InChI is InChI=1S/C8H7F2IN2O/c1-3-4(11)2-5(7(9)10)13-6(3)8(12)14/h2,7H,1H3,(H2,12,14). The van der Waals surface area contributed by atoms with Gasteiger partial charge in [0.2, 0.25) is 0 Å². The van der Waals surface area contributed by atoms with E-state index in [0.29, 0.717) is 9.13 Å². The number of amides is 1. The van der Waals surface area contributed by atoms with Crippen molar-refractivity contribution in [1.29, 1.82) is 0 Å². The van der Waals surface area contributed by atoms with Gasteiger partial charge >= 0.3 is 0 Å². The molecule has 3 nitrogen and oxygen atoms in total. The number of pyridine rings is 1. The highest BCUT2D eigenvalue weighted by Crippen LogP contribution is 2.22. The summed E-state index contributed by atoms with van der Waals surface area (Å²) < 4.78 is 25.2. The van der Waals surface area contributed by atoms with Crippen LogP contribution in [-0.4, -0.2) is 10.9 Å². The van der Waals surface area contributed by atoms with Crippen LogP contribution in [0.4, 0.5) is 8.78 Å². The summed E-state index contributed by atoms with van der Waals surface area (Å²) >= 11 is 1.86. The summed E-state index contributed by atoms with van der Waals surface area (Å²) in [5.41, 5.74) is 5.02. The van der Waals surface area contributed by atoms with Gasteiger partial charge in [-0.15, -0.1) is 0 Å². The Bertz CT molecular complexity index is 382. The summed E-state index contributed by atoms with van der Waals surface area (Å²) in [5, 5.41) is 0. The smallest absolute Gasteiger partial charge is 0.280 e. The van der Waals surface area contributed by atoms with Gasteiger partial charge in [-0.05, 0) is 41.1 Å². The number of hydrogen-bond acceptors (Lipinski definition) is 2. The zero-order valence-corrected chi connectivity index (χ0v) is 9.38. The van der Waals surface area contributed by atoms with Crippen molar-refractivity contribution in [3.8, 4) is 0 Å². The fourth-order valence-electron chi connectivity index (χ4n) is 0.948. The minimum Gasteiger partial charge on any atom is -0.364 e. The molecule has 6 heteroatoms. The molecule has 1 aromatic rings. The van der Waals surface area contributed by atoms with Crippen LogP contribution < -0.4 is 5.73 Å². The average Bonchev–Trinajstić information content (AvgIpc) is 2.08. The van der Waals surface area contributed by atoms with Crippen molar-refractivity contribution in [1.82, 2.24) is 4.98 Å². The molecule has 1 heterocycles. The van der Waals surface area contributed by atoms with E-state index in [1.165, 1.54) is 6.07 Å². The lowest BCUT2D eigenvalue weighted by atomic mass is 10.2. The second-order valence-corrected chi connectivity index (χ2v) is 3.83. The van der Waals surface area contributed by atoms with Crippen molar-refractivity contribution in [2.75, 3.05) is 0 Å². The Hall–Kier alpha value is -0.790. The molecule has 1 rings (SSSR count). The molecule has 0 aliphatic rings. The van der Waals surface area contributed by atoms with E-state index in [1.807, 2.05) is 22.6 Å². The summed E-state index contributed by atoms with van der Waals surface area (Å²) in [6.45, 7) is 1.62. The van der Waals surface area contributed by atoms with E-state index in [0.717, 1.165) is 0 Å². The van der Waals surface area contributed by atoms with E-state index in [-0.39, 0.29) is 5.69 Å². The van der Waals surface area contributed by atoms with Crippen LogP contribution in [0.15, 0.2) is 6.07 Å². The number of rotatable bonds is 2. The Morgan fingerprint density at radius 3 is 2.64 bits per heavy atom. The van der Waals surface area contributed by atoms with Crippen molar-refractivity contribution in [2.45, 2.75) is 13.3 Å². The maximum Gasteiger partial charge on any atom is 0.280 e. The third kappa shape index (κ3) is 2.17. The van der Waals surface area contributed by atoms with Crippen LogP contribution in [0.3, 0.4) is 0 Å². The Morgan fingerprint density at radius 1 is 1.64 bits per heavy atom. The molecule has 0 aliphatic heterocycles. The number of aromatic nitrogens is 1. The Kier molecular flexibility index (Phi) is 3.35. The van der Waals surface area contributed by atoms with Crippen LogP contribution in [0.5, 0.6) is 0 Å². The highest BCUT2D eigenvalue weighted by Gasteiger charge is 2.16. The second kappa shape index (κ2) is 4.16. The average molecular weight is 312 g/mol. The lowest BCUT2D eigenvalue weighted by Crippen LogP contribution is -2.16. The van der Waals surface area contributed by atoms with Gasteiger partial charge in [-0.25, -0.2) is 13.8 Å². The maximum atomic E-state index is 12.3. The maximum absolute atomic E-state index is 12.3. The number of primary amides is 1. The van der Waals surface area contributed by atoms with Gasteiger partial charge in [0.1, 0.15) is 11.4 Å². The van der Waals surface area contributed by atoms with Gasteiger partial charge in [-0.2, -0.15) is 0 Å². The second-order valence-electron chi connectivity index (χ2n) is 2.67. The first-order chi connectivity index (χ1) is 6.43. The lowest BCUT2D eigenvalue weighted by molar-refractivity contribution is 0.0992. The molecule has 0 aliphatic carbocycles. The highest BCUT2D eigenvalue weighted by molar-refractivity contribution is 14.1. The number of alkyl halides is 2. The molecule has 1 aromatic heterocycles. The summed E-state index contributed by atoms with van der Waals surface area (Å²) in [6, 6.07) is 1.24. The monoisotopic (exact) mass is 312 g/mol. The number of nitrogens with zero attached hydrogens (tertiary/aromatic N) is 1. The first-order valence-corrected chi connectivity index (χ1v) is 4.76. The molecule has 0 radical (unpaired) electrons. The van der Waals surface area contributed by atoms with Gasteiger partial charge < -0.3 is 5.73 Å². The van der Waals surface area contributed by atoms with Crippen LogP contribution in [0.1, 0.15) is 28.2 Å². The molecule has 0 saturated carbocycles. The molecule has 1 amide bonds. The van der Waals surface area contributed by atoms with E-state index in [2.05, 4.69) is 4.98 Å². The third-order valence-corrected chi connectivity index (χ3v) is 2.81. The molecule has 0 unspecified atom stereocenters. The fourth-order valence-corrected chi connectivity index (χ4v) is 1.52. The zero-order chi connectivity index (χ0) is 10.9. The fraction of sp³-hybridized carbons (Fsp3) is 0.250. The third-order valence-electron chi connectivity index (χ3n) is 1.69. The summed E-state index contributed by atoms with van der Waals surface area (Å²) in [5.74, 6) is -0.789. The summed E-state index contributed by atoms with van der Waals surface area (Å²) in [4.78, 5) is 14.4. The quantitative estimate of drug-likeness (QED) is 0.850. The molecular formula is C8H7F2IN2O. The predicted octanol–water partition coefficient (Wildman–Crippen LogP) is 2.03. The molecule has 14 heavy (non-hydrogen) atoms. The Morgan fingerprint density at radius 2 is 2.21 bits per heavy atom. The van der Waals surface area contributed by atoms with Crippen molar-refractivity contribution in [3.05, 3.63) is 26.6 Å². The Balaban J connectivity index is 3.35. The van der Waals surface area contributed by atoms with Crippen molar-refractivity contribution in [3.63, 3.8) is 0 Å². The van der Waals surface area contributed by atoms with Crippen LogP contribution in [0.2, 0.25) is 0 Å². The predicted molar refractivity (Wildman–Crippen MR) is 55.2 cm³/mol. The van der Waals surface area contributed by atoms with E-state index < -0.39 is 18.0 Å². The largest absolute Gasteiger partial charge is 0.364 e. The Labute approximate surface area is 92.8 Å². The molecule has 0 saturated heterocycles. The van der Waals surface area contributed by atoms with Gasteiger partial charge in [0.25, 0.3) is 12.3 Å². The minimum absolute atomic E-state index is 0.0906. The van der Waals surface area contributed by atoms with Crippen molar-refractivity contribution >= 4 is 28.5 Å². The summed E-state index contributed by atoms with van der Waals surface area (Å²) in [7, 11) is 0. The number of nitrogens with two attached hydrogens (primary N) is 1. The van der Waals surface area contributed by atoms with Gasteiger partial charge in [-0.3, -0.25) is 4.79 Å². The lowest BCUT2D eigenvalue weighted by Gasteiger charge is -2.06. The normalized spacial score (nSPS) is 10.6. The topological polar surface area (TPSA) is 56.0 Å².